The fraction of sp³-hybridized carbons (Fsp3) is 0.235. The van der Waals surface area contributed by atoms with Crippen LogP contribution in [-0.2, 0) is 28.8 Å². The first-order chi connectivity index (χ1) is 24.2. The van der Waals surface area contributed by atoms with Crippen LogP contribution in [0, 0.1) is 6.92 Å². The topological polar surface area (TPSA) is 130 Å². The van der Waals surface area contributed by atoms with E-state index in [-0.39, 0.29) is 36.0 Å². The van der Waals surface area contributed by atoms with Crippen molar-refractivity contribution < 1.29 is 61.2 Å². The Labute approximate surface area is 296 Å². The Bertz CT molecular complexity index is 2040. The minimum atomic E-state index is -5.08. The van der Waals surface area contributed by atoms with E-state index < -0.39 is 60.0 Å². The summed E-state index contributed by atoms with van der Waals surface area (Å²) in [4.78, 5) is -0.982. The standard InChI is InChI=1S/C34H32F6N2O8S2/c1-5-23(2)7-10-25(4)51(43,44)49-41-31(33(35,36)37)26-11-15-28(16-12-26)47-21-6-22-48-29-17-13-27(14-18-29)32(34(38,39)40)42-50-52(45,46)30-19-8-24(3)9-20-30/h5,7-20H,4,6,21-22H2,1-3H3/b10-7-,23-5-,41-31-,42-32-. The van der Waals surface area contributed by atoms with Crippen molar-refractivity contribution in [1.29, 1.82) is 0 Å². The van der Waals surface area contributed by atoms with E-state index in [9.17, 15) is 43.2 Å². The predicted octanol–water partition coefficient (Wildman–Crippen LogP) is 8.16. The highest BCUT2D eigenvalue weighted by Gasteiger charge is 2.39. The van der Waals surface area contributed by atoms with Gasteiger partial charge in [0.05, 0.1) is 13.2 Å². The number of halogens is 6. The van der Waals surface area contributed by atoms with Crippen LogP contribution in [0.3, 0.4) is 0 Å². The molecule has 3 aromatic rings. The Hall–Kier alpha value is -5.10. The molecule has 0 saturated carbocycles. The molecule has 0 spiro atoms. The van der Waals surface area contributed by atoms with Gasteiger partial charge in [0.2, 0.25) is 0 Å². The van der Waals surface area contributed by atoms with Gasteiger partial charge in [0, 0.05) is 17.5 Å². The van der Waals surface area contributed by atoms with Crippen molar-refractivity contribution in [3.8, 4) is 11.5 Å². The first kappa shape index (κ1) is 41.3. The number of rotatable bonds is 16. The summed E-state index contributed by atoms with van der Waals surface area (Å²) in [5, 5.41) is 5.75. The molecule has 10 nitrogen and oxygen atoms in total. The lowest BCUT2D eigenvalue weighted by Gasteiger charge is -2.12. The Morgan fingerprint density at radius 2 is 1.15 bits per heavy atom. The van der Waals surface area contributed by atoms with E-state index in [1.54, 1.807) is 26.8 Å². The van der Waals surface area contributed by atoms with E-state index in [1.165, 1.54) is 54.6 Å². The molecule has 0 amide bonds. The van der Waals surface area contributed by atoms with Gasteiger partial charge in [0.25, 0.3) is 0 Å². The monoisotopic (exact) mass is 774 g/mol. The molecule has 0 saturated heterocycles. The lowest BCUT2D eigenvalue weighted by atomic mass is 10.1. The van der Waals surface area contributed by atoms with Crippen molar-refractivity contribution in [3.05, 3.63) is 125 Å². The van der Waals surface area contributed by atoms with Crippen LogP contribution in [0.4, 0.5) is 26.3 Å². The van der Waals surface area contributed by atoms with Crippen molar-refractivity contribution in [3.63, 3.8) is 0 Å². The number of allylic oxidation sites excluding steroid dienone is 4. The van der Waals surface area contributed by atoms with Crippen molar-refractivity contribution in [2.75, 3.05) is 13.2 Å². The molecular formula is C34H32F6N2O8S2. The van der Waals surface area contributed by atoms with E-state index in [1.807, 2.05) is 0 Å². The third-order valence-electron chi connectivity index (χ3n) is 6.69. The van der Waals surface area contributed by atoms with Gasteiger partial charge in [-0.05, 0) is 87.5 Å². The highest BCUT2D eigenvalue weighted by atomic mass is 32.2. The van der Waals surface area contributed by atoms with Crippen LogP contribution in [0.25, 0.3) is 0 Å². The molecule has 0 aromatic heterocycles. The summed E-state index contributed by atoms with van der Waals surface area (Å²) in [5.41, 5.74) is -2.80. The predicted molar refractivity (Wildman–Crippen MR) is 181 cm³/mol. The quantitative estimate of drug-likeness (QED) is 0.0469. The third-order valence-corrected chi connectivity index (χ3v) is 8.86. The summed E-state index contributed by atoms with van der Waals surface area (Å²) in [7, 11) is -9.33. The average Bonchev–Trinajstić information content (AvgIpc) is 3.07. The number of hydrogen-bond acceptors (Lipinski definition) is 10. The number of alkyl halides is 6. The second-order valence-corrected chi connectivity index (χ2v) is 13.8. The second kappa shape index (κ2) is 17.4. The maximum Gasteiger partial charge on any atom is 0.437 e. The molecule has 280 valence electrons. The lowest BCUT2D eigenvalue weighted by molar-refractivity contribution is -0.0606. The lowest BCUT2D eigenvalue weighted by Crippen LogP contribution is -2.25. The van der Waals surface area contributed by atoms with Gasteiger partial charge in [-0.2, -0.15) is 43.2 Å². The van der Waals surface area contributed by atoms with Crippen LogP contribution in [0.2, 0.25) is 0 Å². The van der Waals surface area contributed by atoms with E-state index in [4.69, 9.17) is 9.47 Å². The molecule has 0 atom stereocenters. The number of ether oxygens (including phenoxy) is 2. The second-order valence-electron chi connectivity index (χ2n) is 10.7. The highest BCUT2D eigenvalue weighted by Crippen LogP contribution is 2.27. The van der Waals surface area contributed by atoms with Gasteiger partial charge in [-0.25, -0.2) is 0 Å². The van der Waals surface area contributed by atoms with E-state index >= 15 is 0 Å². The Morgan fingerprint density at radius 3 is 1.58 bits per heavy atom. The van der Waals surface area contributed by atoms with Crippen molar-refractivity contribution in [1.82, 2.24) is 0 Å². The number of nitrogens with zero attached hydrogens (tertiary/aromatic N) is 2. The molecule has 3 aromatic carbocycles. The molecule has 0 heterocycles. The molecular weight excluding hydrogens is 743 g/mol. The Kier molecular flexibility index (Phi) is 13.8. The summed E-state index contributed by atoms with van der Waals surface area (Å²) in [6.07, 6.45) is -5.78. The zero-order valence-corrected chi connectivity index (χ0v) is 29.4. The zero-order valence-electron chi connectivity index (χ0n) is 27.7. The van der Waals surface area contributed by atoms with Gasteiger partial charge >= 0.3 is 32.6 Å². The minimum absolute atomic E-state index is 0.0268. The fourth-order valence-corrected chi connectivity index (χ4v) is 5.00. The van der Waals surface area contributed by atoms with Crippen LogP contribution in [0.5, 0.6) is 11.5 Å². The normalized spacial score (nSPS) is 13.6. The van der Waals surface area contributed by atoms with E-state index in [2.05, 4.69) is 25.5 Å². The number of aryl methyl sites for hydroxylation is 1. The molecule has 18 heteroatoms. The van der Waals surface area contributed by atoms with Gasteiger partial charge in [0.1, 0.15) is 21.3 Å². The summed E-state index contributed by atoms with van der Waals surface area (Å²) >= 11 is 0. The Morgan fingerprint density at radius 1 is 0.712 bits per heavy atom. The van der Waals surface area contributed by atoms with E-state index in [0.29, 0.717) is 5.57 Å². The zero-order chi connectivity index (χ0) is 38.7. The average molecular weight is 775 g/mol. The largest absolute Gasteiger partial charge is 0.493 e. The first-order valence-corrected chi connectivity index (χ1v) is 17.8. The summed E-state index contributed by atoms with van der Waals surface area (Å²) in [6.45, 7) is 8.41. The molecule has 0 unspecified atom stereocenters. The van der Waals surface area contributed by atoms with Gasteiger partial charge < -0.3 is 9.47 Å². The van der Waals surface area contributed by atoms with Gasteiger partial charge in [-0.1, -0.05) is 52.3 Å². The molecule has 52 heavy (non-hydrogen) atoms. The number of oxime groups is 2. The van der Waals surface area contributed by atoms with Crippen LogP contribution in [-0.4, -0.2) is 53.8 Å². The van der Waals surface area contributed by atoms with Crippen LogP contribution in [0.1, 0.15) is 37.0 Å². The van der Waals surface area contributed by atoms with Crippen LogP contribution >= 0.6 is 0 Å². The molecule has 0 N–H and O–H groups in total. The summed E-state index contributed by atoms with van der Waals surface area (Å²) < 4.78 is 151. The molecule has 3 rings (SSSR count). The third kappa shape index (κ3) is 12.3. The van der Waals surface area contributed by atoms with Gasteiger partial charge in [-0.3, -0.25) is 8.57 Å². The van der Waals surface area contributed by atoms with Crippen molar-refractivity contribution in [2.45, 2.75) is 44.4 Å². The van der Waals surface area contributed by atoms with E-state index in [0.717, 1.165) is 35.9 Å². The molecule has 0 aliphatic rings. The molecule has 0 fully saturated rings. The van der Waals surface area contributed by atoms with Gasteiger partial charge in [0.15, 0.2) is 11.4 Å². The SMILES string of the molecule is C=C(/C=C\C(C)=C/C)S(=O)(=O)O/N=C(/c1ccc(OCCCOc2ccc(/C(=N/OS(=O)(=O)c3ccc(C)cc3)C(F)(F)F)cc2)cc1)C(F)(F)F. The fourth-order valence-electron chi connectivity index (χ4n) is 3.77. The van der Waals surface area contributed by atoms with Crippen LogP contribution in [0.15, 0.2) is 123 Å². The molecule has 0 aliphatic carbocycles. The Balaban J connectivity index is 1.56. The summed E-state index contributed by atoms with van der Waals surface area (Å²) in [5.74, 6) is 0.324. The smallest absolute Gasteiger partial charge is 0.437 e. The number of benzene rings is 3. The summed E-state index contributed by atoms with van der Waals surface area (Å²) in [6, 6.07) is 14.1. The number of hydrogen-bond donors (Lipinski definition) is 0. The molecule has 0 aliphatic heterocycles. The highest BCUT2D eigenvalue weighted by molar-refractivity contribution is 7.90. The van der Waals surface area contributed by atoms with Crippen molar-refractivity contribution >= 4 is 31.7 Å². The maximum absolute atomic E-state index is 13.7. The molecule has 0 bridgehead atoms. The molecule has 0 radical (unpaired) electrons. The first-order valence-electron chi connectivity index (χ1n) is 14.9. The minimum Gasteiger partial charge on any atom is -0.493 e. The van der Waals surface area contributed by atoms with Crippen molar-refractivity contribution in [2.24, 2.45) is 10.3 Å². The van der Waals surface area contributed by atoms with Gasteiger partial charge in [-0.15, -0.1) is 0 Å². The van der Waals surface area contributed by atoms with Crippen LogP contribution < -0.4 is 9.47 Å². The maximum atomic E-state index is 13.7.